The molecule has 16 heavy (non-hydrogen) atoms. The normalized spacial score (nSPS) is 33.8. The fourth-order valence-electron chi connectivity index (χ4n) is 3.42. The van der Waals surface area contributed by atoms with Crippen LogP contribution in [0.5, 0.6) is 0 Å². The van der Waals surface area contributed by atoms with E-state index >= 15 is 0 Å². The van der Waals surface area contributed by atoms with E-state index in [1.807, 2.05) is 10.9 Å². The molecule has 0 aliphatic heterocycles. The Hall–Kier alpha value is -0.830. The van der Waals surface area contributed by atoms with Crippen LogP contribution in [0.25, 0.3) is 0 Å². The third-order valence-corrected chi connectivity index (χ3v) is 4.40. The van der Waals surface area contributed by atoms with Gasteiger partial charge in [0.1, 0.15) is 0 Å². The summed E-state index contributed by atoms with van der Waals surface area (Å²) in [6.07, 6.45) is 8.59. The molecular weight excluding hydrogens is 198 g/mol. The maximum atomic E-state index is 4.38. The molecule has 2 aliphatic rings. The Balaban J connectivity index is 1.74. The lowest BCUT2D eigenvalue weighted by Gasteiger charge is -2.23. The van der Waals surface area contributed by atoms with Gasteiger partial charge in [0.2, 0.25) is 0 Å². The minimum absolute atomic E-state index is 0.521. The molecule has 1 N–H and O–H groups in total. The Morgan fingerprint density at radius 3 is 2.75 bits per heavy atom. The van der Waals surface area contributed by atoms with Gasteiger partial charge in [-0.15, -0.1) is 0 Å². The second-order valence-corrected chi connectivity index (χ2v) is 5.38. The van der Waals surface area contributed by atoms with Crippen LogP contribution in [0.15, 0.2) is 12.4 Å². The second kappa shape index (κ2) is 3.88. The van der Waals surface area contributed by atoms with Gasteiger partial charge in [0.15, 0.2) is 0 Å². The molecule has 0 amide bonds. The average Bonchev–Trinajstić information content (AvgIpc) is 2.76. The van der Waals surface area contributed by atoms with Gasteiger partial charge in [-0.1, -0.05) is 0 Å². The highest BCUT2D eigenvalue weighted by Crippen LogP contribution is 2.57. The van der Waals surface area contributed by atoms with E-state index in [9.17, 15) is 0 Å². The fraction of sp³-hybridized carbons (Fsp3) is 0.769. The molecule has 1 aromatic heterocycles. The standard InChI is InChI=1S/C13H21N3/c1-3-16-8-12(7-15-16)13(14-2)11-5-9-4-10(9)6-11/h7-11,13-14H,3-6H2,1-2H3. The summed E-state index contributed by atoms with van der Waals surface area (Å²) in [5.74, 6) is 2.95. The summed E-state index contributed by atoms with van der Waals surface area (Å²) in [6, 6.07) is 0.521. The number of rotatable bonds is 4. The fourth-order valence-corrected chi connectivity index (χ4v) is 3.42. The van der Waals surface area contributed by atoms with Gasteiger partial charge in [-0.05, 0) is 51.0 Å². The topological polar surface area (TPSA) is 29.9 Å². The van der Waals surface area contributed by atoms with E-state index in [0.29, 0.717) is 6.04 Å². The molecule has 3 atom stereocenters. The first-order valence-electron chi connectivity index (χ1n) is 6.51. The monoisotopic (exact) mass is 219 g/mol. The van der Waals surface area contributed by atoms with Gasteiger partial charge in [0.05, 0.1) is 6.20 Å². The van der Waals surface area contributed by atoms with Gasteiger partial charge in [-0.2, -0.15) is 5.10 Å². The van der Waals surface area contributed by atoms with Crippen molar-refractivity contribution in [1.82, 2.24) is 15.1 Å². The SMILES string of the molecule is CCn1cc(C(NC)C2CC3CC3C2)cn1. The van der Waals surface area contributed by atoms with E-state index in [0.717, 1.165) is 24.3 Å². The second-order valence-electron chi connectivity index (χ2n) is 5.38. The molecule has 3 unspecified atom stereocenters. The Labute approximate surface area is 97.2 Å². The number of aromatic nitrogens is 2. The van der Waals surface area contributed by atoms with Gasteiger partial charge >= 0.3 is 0 Å². The highest BCUT2D eigenvalue weighted by molar-refractivity contribution is 5.14. The van der Waals surface area contributed by atoms with Crippen molar-refractivity contribution in [3.8, 4) is 0 Å². The molecule has 2 fully saturated rings. The molecule has 0 spiro atoms. The van der Waals surface area contributed by atoms with E-state index in [1.165, 1.54) is 24.8 Å². The first kappa shape index (κ1) is 10.3. The number of fused-ring (bicyclic) bond motifs is 1. The molecule has 1 heterocycles. The van der Waals surface area contributed by atoms with E-state index in [-0.39, 0.29) is 0 Å². The number of aryl methyl sites for hydroxylation is 1. The van der Waals surface area contributed by atoms with E-state index in [4.69, 9.17) is 0 Å². The van der Waals surface area contributed by atoms with Crippen LogP contribution in [0.2, 0.25) is 0 Å². The summed E-state index contributed by atoms with van der Waals surface area (Å²) in [4.78, 5) is 0. The zero-order valence-corrected chi connectivity index (χ0v) is 10.2. The molecular formula is C13H21N3. The van der Waals surface area contributed by atoms with Gasteiger partial charge in [-0.25, -0.2) is 0 Å². The van der Waals surface area contributed by atoms with Crippen LogP contribution in [0, 0.1) is 17.8 Å². The summed E-state index contributed by atoms with van der Waals surface area (Å²) in [5.41, 5.74) is 1.37. The quantitative estimate of drug-likeness (QED) is 0.841. The molecule has 2 aliphatic carbocycles. The van der Waals surface area contributed by atoms with Crippen molar-refractivity contribution >= 4 is 0 Å². The molecule has 3 heteroatoms. The lowest BCUT2D eigenvalue weighted by atomic mass is 9.91. The molecule has 0 saturated heterocycles. The highest BCUT2D eigenvalue weighted by Gasteiger charge is 2.47. The predicted molar refractivity (Wildman–Crippen MR) is 64.0 cm³/mol. The van der Waals surface area contributed by atoms with Crippen LogP contribution in [0.3, 0.4) is 0 Å². The Morgan fingerprint density at radius 2 is 2.19 bits per heavy atom. The molecule has 1 aromatic rings. The van der Waals surface area contributed by atoms with Crippen molar-refractivity contribution in [3.63, 3.8) is 0 Å². The molecule has 3 nitrogen and oxygen atoms in total. The third kappa shape index (κ3) is 1.67. The molecule has 0 radical (unpaired) electrons. The molecule has 0 bridgehead atoms. The van der Waals surface area contributed by atoms with Crippen LogP contribution < -0.4 is 5.32 Å². The Bertz CT molecular complexity index is 361. The lowest BCUT2D eigenvalue weighted by molar-refractivity contribution is 0.359. The average molecular weight is 219 g/mol. The zero-order valence-electron chi connectivity index (χ0n) is 10.2. The number of nitrogens with zero attached hydrogens (tertiary/aromatic N) is 2. The van der Waals surface area contributed by atoms with Gasteiger partial charge < -0.3 is 5.32 Å². The summed E-state index contributed by atoms with van der Waals surface area (Å²) in [5, 5.41) is 7.87. The van der Waals surface area contributed by atoms with E-state index in [2.05, 4.69) is 30.6 Å². The number of hydrogen-bond donors (Lipinski definition) is 1. The smallest absolute Gasteiger partial charge is 0.0537 e. The number of hydrogen-bond acceptors (Lipinski definition) is 2. The summed E-state index contributed by atoms with van der Waals surface area (Å²) in [6.45, 7) is 3.10. The van der Waals surface area contributed by atoms with Gasteiger partial charge in [-0.3, -0.25) is 4.68 Å². The molecule has 0 aromatic carbocycles. The first-order valence-corrected chi connectivity index (χ1v) is 6.51. The minimum atomic E-state index is 0.521. The molecule has 2 saturated carbocycles. The van der Waals surface area contributed by atoms with Crippen molar-refractivity contribution in [2.45, 2.75) is 38.8 Å². The third-order valence-electron chi connectivity index (χ3n) is 4.40. The maximum absolute atomic E-state index is 4.38. The molecule has 3 rings (SSSR count). The highest BCUT2D eigenvalue weighted by atomic mass is 15.3. The largest absolute Gasteiger partial charge is 0.313 e. The predicted octanol–water partition coefficient (Wildman–Crippen LogP) is 2.21. The van der Waals surface area contributed by atoms with E-state index in [1.54, 1.807) is 0 Å². The number of nitrogens with one attached hydrogen (secondary N) is 1. The van der Waals surface area contributed by atoms with Crippen molar-refractivity contribution < 1.29 is 0 Å². The Kier molecular flexibility index (Phi) is 2.51. The lowest BCUT2D eigenvalue weighted by Crippen LogP contribution is -2.24. The summed E-state index contributed by atoms with van der Waals surface area (Å²) >= 11 is 0. The molecule has 88 valence electrons. The van der Waals surface area contributed by atoms with Gasteiger partial charge in [0, 0.05) is 24.3 Å². The Morgan fingerprint density at radius 1 is 1.44 bits per heavy atom. The van der Waals surface area contributed by atoms with Crippen LogP contribution in [-0.2, 0) is 6.54 Å². The zero-order chi connectivity index (χ0) is 11.1. The van der Waals surface area contributed by atoms with Crippen molar-refractivity contribution in [2.75, 3.05) is 7.05 Å². The van der Waals surface area contributed by atoms with Crippen LogP contribution in [0.4, 0.5) is 0 Å². The van der Waals surface area contributed by atoms with Crippen molar-refractivity contribution in [2.24, 2.45) is 17.8 Å². The van der Waals surface area contributed by atoms with Crippen LogP contribution >= 0.6 is 0 Å². The first-order chi connectivity index (χ1) is 7.81. The summed E-state index contributed by atoms with van der Waals surface area (Å²) < 4.78 is 2.02. The summed E-state index contributed by atoms with van der Waals surface area (Å²) in [7, 11) is 2.08. The minimum Gasteiger partial charge on any atom is -0.313 e. The maximum Gasteiger partial charge on any atom is 0.0537 e. The van der Waals surface area contributed by atoms with Crippen LogP contribution in [-0.4, -0.2) is 16.8 Å². The van der Waals surface area contributed by atoms with Crippen molar-refractivity contribution in [3.05, 3.63) is 18.0 Å². The van der Waals surface area contributed by atoms with Crippen molar-refractivity contribution in [1.29, 1.82) is 0 Å². The van der Waals surface area contributed by atoms with E-state index < -0.39 is 0 Å². The van der Waals surface area contributed by atoms with Gasteiger partial charge in [0.25, 0.3) is 0 Å². The van der Waals surface area contributed by atoms with Crippen LogP contribution in [0.1, 0.15) is 37.8 Å².